The second-order valence-electron chi connectivity index (χ2n) is 8.89. The van der Waals surface area contributed by atoms with Gasteiger partial charge in [-0.1, -0.05) is 12.1 Å². The standard InChI is InChI=1S/C24H31N3O/c1-10-24(11-17-27(14-1)19-24)28-23-4-2-20(3-5-23)18-26-15-8-22(9-16-26)21-6-12-25-13-7-21/h2-7,12-13,22H,1,8-11,14-19H2/t24-/m1/s1. The average Bonchev–Trinajstić information content (AvgIpc) is 3.04. The van der Waals surface area contributed by atoms with Crippen LogP contribution >= 0.6 is 0 Å². The highest BCUT2D eigenvalue weighted by atomic mass is 16.5. The predicted octanol–water partition coefficient (Wildman–Crippen LogP) is 4.08. The number of benzene rings is 1. The van der Waals surface area contributed by atoms with Gasteiger partial charge in [-0.3, -0.25) is 14.8 Å². The second-order valence-corrected chi connectivity index (χ2v) is 8.89. The van der Waals surface area contributed by atoms with Crippen LogP contribution in [0.3, 0.4) is 0 Å². The van der Waals surface area contributed by atoms with E-state index in [1.165, 1.54) is 69.4 Å². The van der Waals surface area contributed by atoms with E-state index in [2.05, 4.69) is 51.2 Å². The maximum Gasteiger partial charge on any atom is 0.123 e. The van der Waals surface area contributed by atoms with Crippen LogP contribution in [0.15, 0.2) is 48.8 Å². The number of hydrogen-bond donors (Lipinski definition) is 0. The fourth-order valence-corrected chi connectivity index (χ4v) is 5.31. The van der Waals surface area contributed by atoms with Crippen LogP contribution < -0.4 is 4.74 Å². The Hall–Kier alpha value is -1.91. The number of hydrogen-bond acceptors (Lipinski definition) is 4. The van der Waals surface area contributed by atoms with Crippen LogP contribution in [0.5, 0.6) is 5.75 Å². The molecule has 0 saturated carbocycles. The van der Waals surface area contributed by atoms with Crippen LogP contribution in [-0.2, 0) is 6.54 Å². The molecular weight excluding hydrogens is 346 g/mol. The Morgan fingerprint density at radius 3 is 2.50 bits per heavy atom. The highest BCUT2D eigenvalue weighted by Crippen LogP contribution is 2.36. The number of aromatic nitrogens is 1. The average molecular weight is 378 g/mol. The molecule has 2 atom stereocenters. The summed E-state index contributed by atoms with van der Waals surface area (Å²) in [5, 5.41) is 0. The van der Waals surface area contributed by atoms with Gasteiger partial charge in [0.05, 0.1) is 0 Å². The third kappa shape index (κ3) is 3.94. The highest BCUT2D eigenvalue weighted by Gasteiger charge is 2.42. The van der Waals surface area contributed by atoms with Gasteiger partial charge in [-0.2, -0.15) is 0 Å². The summed E-state index contributed by atoms with van der Waals surface area (Å²) in [4.78, 5) is 9.28. The highest BCUT2D eigenvalue weighted by molar-refractivity contribution is 5.28. The Morgan fingerprint density at radius 2 is 1.71 bits per heavy atom. The molecule has 4 heteroatoms. The molecule has 3 saturated heterocycles. The van der Waals surface area contributed by atoms with Crippen molar-refractivity contribution in [2.24, 2.45) is 0 Å². The maximum absolute atomic E-state index is 6.48. The fourth-order valence-electron chi connectivity index (χ4n) is 5.31. The van der Waals surface area contributed by atoms with E-state index >= 15 is 0 Å². The molecule has 1 aromatic heterocycles. The molecule has 4 heterocycles. The van der Waals surface area contributed by atoms with E-state index in [0.29, 0.717) is 5.92 Å². The number of pyridine rings is 1. The van der Waals surface area contributed by atoms with Crippen molar-refractivity contribution < 1.29 is 4.74 Å². The SMILES string of the molecule is c1cc(C2CCN(Cc3ccc(O[C@]45CCCN(CC4)C5)cc3)CC2)ccn1. The van der Waals surface area contributed by atoms with Crippen LogP contribution in [0, 0.1) is 0 Å². The molecule has 1 unspecified atom stereocenters. The molecule has 2 aromatic rings. The van der Waals surface area contributed by atoms with Gasteiger partial charge in [-0.05, 0) is 86.6 Å². The third-order valence-electron chi connectivity index (χ3n) is 6.93. The molecule has 3 fully saturated rings. The van der Waals surface area contributed by atoms with Gasteiger partial charge in [0.25, 0.3) is 0 Å². The van der Waals surface area contributed by atoms with Crippen molar-refractivity contribution in [2.45, 2.75) is 50.2 Å². The minimum atomic E-state index is 0.0780. The second kappa shape index (κ2) is 7.84. The summed E-state index contributed by atoms with van der Waals surface area (Å²) < 4.78 is 6.48. The maximum atomic E-state index is 6.48. The summed E-state index contributed by atoms with van der Waals surface area (Å²) in [6.07, 6.45) is 9.98. The minimum Gasteiger partial charge on any atom is -0.486 e. The van der Waals surface area contributed by atoms with E-state index in [4.69, 9.17) is 4.74 Å². The number of likely N-dealkylation sites (tertiary alicyclic amines) is 1. The third-order valence-corrected chi connectivity index (χ3v) is 6.93. The smallest absolute Gasteiger partial charge is 0.123 e. The number of nitrogens with zero attached hydrogens (tertiary/aromatic N) is 3. The van der Waals surface area contributed by atoms with Crippen LogP contribution in [0.25, 0.3) is 0 Å². The molecule has 0 amide bonds. The van der Waals surface area contributed by atoms with Crippen molar-refractivity contribution in [1.82, 2.24) is 14.8 Å². The topological polar surface area (TPSA) is 28.6 Å². The predicted molar refractivity (Wildman–Crippen MR) is 112 cm³/mol. The number of rotatable bonds is 5. The molecule has 148 valence electrons. The van der Waals surface area contributed by atoms with Crippen molar-refractivity contribution >= 4 is 0 Å². The Labute approximate surface area is 168 Å². The van der Waals surface area contributed by atoms with Crippen molar-refractivity contribution in [1.29, 1.82) is 0 Å². The lowest BCUT2D eigenvalue weighted by Gasteiger charge is -2.34. The zero-order chi connectivity index (χ0) is 18.8. The van der Waals surface area contributed by atoms with E-state index in [0.717, 1.165) is 18.8 Å². The molecule has 2 bridgehead atoms. The van der Waals surface area contributed by atoms with Crippen LogP contribution in [-0.4, -0.2) is 53.1 Å². The monoisotopic (exact) mass is 377 g/mol. The van der Waals surface area contributed by atoms with Gasteiger partial charge in [0.2, 0.25) is 0 Å². The van der Waals surface area contributed by atoms with Gasteiger partial charge in [-0.15, -0.1) is 0 Å². The van der Waals surface area contributed by atoms with Crippen LogP contribution in [0.2, 0.25) is 0 Å². The normalized spacial score (nSPS) is 28.4. The van der Waals surface area contributed by atoms with Crippen molar-refractivity contribution in [3.05, 3.63) is 59.9 Å². The van der Waals surface area contributed by atoms with Crippen LogP contribution in [0.4, 0.5) is 0 Å². The Bertz CT molecular complexity index is 766. The van der Waals surface area contributed by atoms with Crippen molar-refractivity contribution in [3.63, 3.8) is 0 Å². The molecule has 0 spiro atoms. The summed E-state index contributed by atoms with van der Waals surface area (Å²) in [6, 6.07) is 13.2. The molecule has 0 aliphatic carbocycles. The Morgan fingerprint density at radius 1 is 0.929 bits per heavy atom. The molecule has 3 aliphatic heterocycles. The molecule has 5 rings (SSSR count). The summed E-state index contributed by atoms with van der Waals surface area (Å²) >= 11 is 0. The first kappa shape index (κ1) is 18.1. The largest absolute Gasteiger partial charge is 0.486 e. The first-order valence-corrected chi connectivity index (χ1v) is 10.9. The summed E-state index contributed by atoms with van der Waals surface area (Å²) in [6.45, 7) is 6.95. The Kier molecular flexibility index (Phi) is 5.08. The van der Waals surface area contributed by atoms with Gasteiger partial charge < -0.3 is 4.74 Å². The van der Waals surface area contributed by atoms with E-state index in [1.54, 1.807) is 0 Å². The molecule has 28 heavy (non-hydrogen) atoms. The summed E-state index contributed by atoms with van der Waals surface area (Å²) in [7, 11) is 0. The molecule has 0 N–H and O–H groups in total. The van der Waals surface area contributed by atoms with Crippen molar-refractivity contribution in [2.75, 3.05) is 32.7 Å². The number of fused-ring (bicyclic) bond motifs is 2. The van der Waals surface area contributed by atoms with Gasteiger partial charge in [0.15, 0.2) is 0 Å². The lowest BCUT2D eigenvalue weighted by molar-refractivity contribution is 0.0452. The van der Waals surface area contributed by atoms with E-state index < -0.39 is 0 Å². The van der Waals surface area contributed by atoms with Gasteiger partial charge >= 0.3 is 0 Å². The quantitative estimate of drug-likeness (QED) is 0.785. The molecule has 3 aliphatic rings. The van der Waals surface area contributed by atoms with Crippen LogP contribution in [0.1, 0.15) is 49.1 Å². The Balaban J connectivity index is 1.14. The lowest BCUT2D eigenvalue weighted by atomic mass is 9.90. The van der Waals surface area contributed by atoms with E-state index in [9.17, 15) is 0 Å². The van der Waals surface area contributed by atoms with Crippen molar-refractivity contribution in [3.8, 4) is 5.75 Å². The molecule has 4 nitrogen and oxygen atoms in total. The molecule has 1 aromatic carbocycles. The number of piperidine rings is 2. The van der Waals surface area contributed by atoms with Gasteiger partial charge in [0.1, 0.15) is 11.4 Å². The summed E-state index contributed by atoms with van der Waals surface area (Å²) in [5.74, 6) is 1.74. The summed E-state index contributed by atoms with van der Waals surface area (Å²) in [5.41, 5.74) is 2.92. The molecule has 0 radical (unpaired) electrons. The molecular formula is C24H31N3O. The van der Waals surface area contributed by atoms with E-state index in [1.807, 2.05) is 12.4 Å². The minimum absolute atomic E-state index is 0.0780. The first-order chi connectivity index (χ1) is 13.8. The van der Waals surface area contributed by atoms with E-state index in [-0.39, 0.29) is 5.60 Å². The van der Waals surface area contributed by atoms with Gasteiger partial charge in [0, 0.05) is 38.4 Å². The zero-order valence-electron chi connectivity index (χ0n) is 16.7. The number of ether oxygens (including phenoxy) is 1. The van der Waals surface area contributed by atoms with Gasteiger partial charge in [-0.25, -0.2) is 0 Å². The lowest BCUT2D eigenvalue weighted by Crippen LogP contribution is -2.43. The zero-order valence-corrected chi connectivity index (χ0v) is 16.7. The first-order valence-electron chi connectivity index (χ1n) is 10.9. The fraction of sp³-hybridized carbons (Fsp3) is 0.542.